The highest BCUT2D eigenvalue weighted by atomic mass is 35.5. The van der Waals surface area contributed by atoms with Crippen molar-refractivity contribution in [2.24, 2.45) is 11.7 Å². The molecule has 2 aliphatic rings. The predicted molar refractivity (Wildman–Crippen MR) is 68.9 cm³/mol. The van der Waals surface area contributed by atoms with E-state index in [1.807, 2.05) is 12.1 Å². The molecule has 1 aliphatic carbocycles. The van der Waals surface area contributed by atoms with E-state index in [0.29, 0.717) is 13.2 Å². The molecule has 1 aliphatic heterocycles. The average Bonchev–Trinajstić information content (AvgIpc) is 3.12. The van der Waals surface area contributed by atoms with E-state index in [4.69, 9.17) is 15.2 Å². The second-order valence-corrected chi connectivity index (χ2v) is 4.66. The SMILES string of the molecule is Cl.N[C@H](CC1CC1)c1cccc2c1OCCO2. The van der Waals surface area contributed by atoms with Gasteiger partial charge in [0.2, 0.25) is 0 Å². The van der Waals surface area contributed by atoms with Crippen LogP contribution in [-0.2, 0) is 0 Å². The molecule has 0 bridgehead atoms. The van der Waals surface area contributed by atoms with Crippen molar-refractivity contribution in [2.45, 2.75) is 25.3 Å². The Morgan fingerprint density at radius 3 is 2.76 bits per heavy atom. The molecule has 0 aromatic heterocycles. The maximum atomic E-state index is 6.22. The van der Waals surface area contributed by atoms with Crippen LogP contribution >= 0.6 is 12.4 Å². The van der Waals surface area contributed by atoms with Gasteiger partial charge in [-0.05, 0) is 18.4 Å². The molecule has 3 rings (SSSR count). The normalized spacial score (nSPS) is 19.4. The number of ether oxygens (including phenoxy) is 2. The largest absolute Gasteiger partial charge is 0.486 e. The summed E-state index contributed by atoms with van der Waals surface area (Å²) in [5.74, 6) is 2.53. The molecule has 1 fully saturated rings. The minimum absolute atomic E-state index is 0. The van der Waals surface area contributed by atoms with Crippen LogP contribution in [0, 0.1) is 5.92 Å². The third-order valence-corrected chi connectivity index (χ3v) is 3.28. The Morgan fingerprint density at radius 2 is 2.00 bits per heavy atom. The summed E-state index contributed by atoms with van der Waals surface area (Å²) in [5, 5.41) is 0. The van der Waals surface area contributed by atoms with Crippen molar-refractivity contribution in [3.8, 4) is 11.5 Å². The molecule has 0 spiro atoms. The maximum absolute atomic E-state index is 6.22. The minimum atomic E-state index is 0. The first kappa shape index (κ1) is 12.5. The average molecular weight is 256 g/mol. The van der Waals surface area contributed by atoms with Gasteiger partial charge in [0.15, 0.2) is 11.5 Å². The standard InChI is InChI=1S/C13H17NO2.ClH/c14-11(8-9-4-5-9)10-2-1-3-12-13(10)16-7-6-15-12;/h1-3,9,11H,4-8,14H2;1H/t11-;/m1./s1. The summed E-state index contributed by atoms with van der Waals surface area (Å²) in [4.78, 5) is 0. The van der Waals surface area contributed by atoms with E-state index >= 15 is 0 Å². The summed E-state index contributed by atoms with van der Waals surface area (Å²) >= 11 is 0. The molecule has 2 N–H and O–H groups in total. The van der Waals surface area contributed by atoms with Crippen molar-refractivity contribution in [3.05, 3.63) is 23.8 Å². The van der Waals surface area contributed by atoms with E-state index < -0.39 is 0 Å². The van der Waals surface area contributed by atoms with Crippen molar-refractivity contribution >= 4 is 12.4 Å². The first-order valence-corrected chi connectivity index (χ1v) is 5.98. The van der Waals surface area contributed by atoms with E-state index in [9.17, 15) is 0 Å². The number of benzene rings is 1. The zero-order valence-corrected chi connectivity index (χ0v) is 10.5. The number of hydrogen-bond acceptors (Lipinski definition) is 3. The highest BCUT2D eigenvalue weighted by Gasteiger charge is 2.27. The van der Waals surface area contributed by atoms with E-state index in [-0.39, 0.29) is 18.4 Å². The summed E-state index contributed by atoms with van der Waals surface area (Å²) in [7, 11) is 0. The van der Waals surface area contributed by atoms with E-state index in [1.165, 1.54) is 12.8 Å². The minimum Gasteiger partial charge on any atom is -0.486 e. The molecule has 1 aromatic carbocycles. The molecule has 0 saturated heterocycles. The van der Waals surface area contributed by atoms with Crippen LogP contribution in [0.4, 0.5) is 0 Å². The molecular weight excluding hydrogens is 238 g/mol. The van der Waals surface area contributed by atoms with Crippen LogP contribution in [0.25, 0.3) is 0 Å². The molecule has 94 valence electrons. The highest BCUT2D eigenvalue weighted by molar-refractivity contribution is 5.85. The molecule has 0 unspecified atom stereocenters. The molecule has 1 atom stereocenters. The third-order valence-electron chi connectivity index (χ3n) is 3.28. The number of para-hydroxylation sites is 1. The first-order valence-electron chi connectivity index (χ1n) is 5.98. The van der Waals surface area contributed by atoms with Gasteiger partial charge in [0.05, 0.1) is 0 Å². The van der Waals surface area contributed by atoms with Gasteiger partial charge in [-0.25, -0.2) is 0 Å². The van der Waals surface area contributed by atoms with Gasteiger partial charge < -0.3 is 15.2 Å². The number of fused-ring (bicyclic) bond motifs is 1. The second-order valence-electron chi connectivity index (χ2n) is 4.66. The molecule has 0 radical (unpaired) electrons. The van der Waals surface area contributed by atoms with Crippen molar-refractivity contribution in [1.29, 1.82) is 0 Å². The van der Waals surface area contributed by atoms with Crippen LogP contribution in [0.2, 0.25) is 0 Å². The van der Waals surface area contributed by atoms with Gasteiger partial charge in [-0.3, -0.25) is 0 Å². The van der Waals surface area contributed by atoms with Crippen LogP contribution < -0.4 is 15.2 Å². The Balaban J connectivity index is 0.00000108. The van der Waals surface area contributed by atoms with Gasteiger partial charge in [-0.1, -0.05) is 25.0 Å². The van der Waals surface area contributed by atoms with Crippen molar-refractivity contribution in [3.63, 3.8) is 0 Å². The van der Waals surface area contributed by atoms with Gasteiger partial charge >= 0.3 is 0 Å². The molecular formula is C13H18ClNO2. The fraction of sp³-hybridized carbons (Fsp3) is 0.538. The summed E-state index contributed by atoms with van der Waals surface area (Å²) in [5.41, 5.74) is 7.33. The number of halogens is 1. The predicted octanol–water partition coefficient (Wildman–Crippen LogP) is 2.68. The smallest absolute Gasteiger partial charge is 0.166 e. The van der Waals surface area contributed by atoms with Gasteiger partial charge in [-0.2, -0.15) is 0 Å². The van der Waals surface area contributed by atoms with Gasteiger partial charge in [-0.15, -0.1) is 12.4 Å². The quantitative estimate of drug-likeness (QED) is 0.903. The first-order chi connectivity index (χ1) is 7.84. The number of nitrogens with two attached hydrogens (primary N) is 1. The van der Waals surface area contributed by atoms with Gasteiger partial charge in [0, 0.05) is 11.6 Å². The maximum Gasteiger partial charge on any atom is 0.166 e. The van der Waals surface area contributed by atoms with Crippen LogP contribution in [0.1, 0.15) is 30.9 Å². The summed E-state index contributed by atoms with van der Waals surface area (Å²) < 4.78 is 11.2. The van der Waals surface area contributed by atoms with Crippen LogP contribution in [0.5, 0.6) is 11.5 Å². The van der Waals surface area contributed by atoms with Crippen molar-refractivity contribution in [2.75, 3.05) is 13.2 Å². The Morgan fingerprint density at radius 1 is 1.24 bits per heavy atom. The highest BCUT2D eigenvalue weighted by Crippen LogP contribution is 2.41. The lowest BCUT2D eigenvalue weighted by Gasteiger charge is -2.23. The Kier molecular flexibility index (Phi) is 3.79. The summed E-state index contributed by atoms with van der Waals surface area (Å²) in [6.07, 6.45) is 3.74. The second kappa shape index (κ2) is 5.15. The summed E-state index contributed by atoms with van der Waals surface area (Å²) in [6, 6.07) is 6.09. The van der Waals surface area contributed by atoms with E-state index in [2.05, 4.69) is 6.07 Å². The molecule has 1 aromatic rings. The monoisotopic (exact) mass is 255 g/mol. The number of rotatable bonds is 3. The molecule has 0 amide bonds. The topological polar surface area (TPSA) is 44.5 Å². The van der Waals surface area contributed by atoms with Gasteiger partial charge in [0.1, 0.15) is 13.2 Å². The zero-order valence-electron chi connectivity index (χ0n) is 9.72. The zero-order chi connectivity index (χ0) is 11.0. The Labute approximate surface area is 108 Å². The van der Waals surface area contributed by atoms with Crippen molar-refractivity contribution in [1.82, 2.24) is 0 Å². The fourth-order valence-corrected chi connectivity index (χ4v) is 2.23. The summed E-state index contributed by atoms with van der Waals surface area (Å²) in [6.45, 7) is 1.26. The van der Waals surface area contributed by atoms with E-state index in [1.54, 1.807) is 0 Å². The Hall–Kier alpha value is -0.930. The third kappa shape index (κ3) is 2.67. The molecule has 1 saturated carbocycles. The van der Waals surface area contributed by atoms with Crippen LogP contribution in [0.15, 0.2) is 18.2 Å². The lowest BCUT2D eigenvalue weighted by Crippen LogP contribution is -2.19. The Bertz CT molecular complexity index is 393. The van der Waals surface area contributed by atoms with Crippen LogP contribution in [-0.4, -0.2) is 13.2 Å². The van der Waals surface area contributed by atoms with Crippen LogP contribution in [0.3, 0.4) is 0 Å². The lowest BCUT2D eigenvalue weighted by atomic mass is 10.0. The lowest BCUT2D eigenvalue weighted by molar-refractivity contribution is 0.169. The molecule has 1 heterocycles. The van der Waals surface area contributed by atoms with Gasteiger partial charge in [0.25, 0.3) is 0 Å². The van der Waals surface area contributed by atoms with Crippen molar-refractivity contribution < 1.29 is 9.47 Å². The van der Waals surface area contributed by atoms with E-state index in [0.717, 1.165) is 29.4 Å². The molecule has 4 heteroatoms. The number of hydrogen-bond donors (Lipinski definition) is 1. The molecule has 17 heavy (non-hydrogen) atoms. The fourth-order valence-electron chi connectivity index (χ4n) is 2.23. The molecule has 3 nitrogen and oxygen atoms in total.